The van der Waals surface area contributed by atoms with Crippen LogP contribution in [0.15, 0.2) is 18.3 Å². The van der Waals surface area contributed by atoms with Crippen LogP contribution in [0, 0.1) is 0 Å². The van der Waals surface area contributed by atoms with E-state index in [9.17, 15) is 4.79 Å². The van der Waals surface area contributed by atoms with Crippen LogP contribution in [-0.4, -0.2) is 39.9 Å². The minimum absolute atomic E-state index is 0.184. The van der Waals surface area contributed by atoms with Gasteiger partial charge in [0.15, 0.2) is 0 Å². The van der Waals surface area contributed by atoms with Gasteiger partial charge in [0.2, 0.25) is 0 Å². The molecule has 4 nitrogen and oxygen atoms in total. The van der Waals surface area contributed by atoms with Crippen LogP contribution < -0.4 is 0 Å². The zero-order chi connectivity index (χ0) is 16.9. The highest BCUT2D eigenvalue weighted by Crippen LogP contribution is 2.24. The predicted octanol–water partition coefficient (Wildman–Crippen LogP) is 4.76. The Morgan fingerprint density at radius 3 is 2.87 bits per heavy atom. The van der Waals surface area contributed by atoms with Crippen LogP contribution in [0.1, 0.15) is 45.6 Å². The summed E-state index contributed by atoms with van der Waals surface area (Å²) in [5.74, 6) is 1.80. The zero-order valence-electron chi connectivity index (χ0n) is 14.0. The summed E-state index contributed by atoms with van der Waals surface area (Å²) in [4.78, 5) is 18.4. The summed E-state index contributed by atoms with van der Waals surface area (Å²) in [6, 6.07) is 4.06. The van der Waals surface area contributed by atoms with E-state index in [1.165, 1.54) is 6.42 Å². The van der Waals surface area contributed by atoms with Gasteiger partial charge in [-0.2, -0.15) is 11.8 Å². The zero-order valence-corrected chi connectivity index (χ0v) is 15.6. The lowest BCUT2D eigenvalue weighted by Crippen LogP contribution is -2.47. The first-order valence-electron chi connectivity index (χ1n) is 8.03. The Balaban J connectivity index is 1.86. The van der Waals surface area contributed by atoms with Crippen LogP contribution in [0.2, 0.25) is 5.15 Å². The number of hydrogen-bond donors (Lipinski definition) is 0. The maximum absolute atomic E-state index is 12.4. The molecular weight excluding hydrogens is 332 g/mol. The molecule has 1 saturated heterocycles. The summed E-state index contributed by atoms with van der Waals surface area (Å²) in [5.41, 5.74) is 0.709. The van der Waals surface area contributed by atoms with Gasteiger partial charge < -0.3 is 9.64 Å². The maximum atomic E-state index is 12.4. The second-order valence-electron chi connectivity index (χ2n) is 6.83. The molecule has 1 aromatic rings. The van der Waals surface area contributed by atoms with E-state index in [0.717, 1.165) is 36.5 Å². The van der Waals surface area contributed by atoms with Gasteiger partial charge in [0.25, 0.3) is 0 Å². The molecule has 1 aliphatic rings. The molecule has 0 aromatic carbocycles. The smallest absolute Gasteiger partial charge is 0.410 e. The van der Waals surface area contributed by atoms with E-state index in [1.54, 1.807) is 0 Å². The van der Waals surface area contributed by atoms with Crippen molar-refractivity contribution >= 4 is 29.5 Å². The molecule has 1 atom stereocenters. The molecule has 0 N–H and O–H groups in total. The summed E-state index contributed by atoms with van der Waals surface area (Å²) in [6.07, 6.45) is 4.90. The molecule has 23 heavy (non-hydrogen) atoms. The molecule has 0 bridgehead atoms. The molecule has 0 saturated carbocycles. The molecule has 0 unspecified atom stereocenters. The van der Waals surface area contributed by atoms with Crippen molar-refractivity contribution in [3.05, 3.63) is 29.0 Å². The molecule has 6 heteroatoms. The van der Waals surface area contributed by atoms with Crippen LogP contribution in [-0.2, 0) is 10.5 Å². The fraction of sp³-hybridized carbons (Fsp3) is 0.647. The van der Waals surface area contributed by atoms with Crippen LogP contribution >= 0.6 is 23.4 Å². The number of rotatable bonds is 4. The van der Waals surface area contributed by atoms with Crippen LogP contribution in [0.25, 0.3) is 0 Å². The molecule has 0 spiro atoms. The average Bonchev–Trinajstić information content (AvgIpc) is 2.48. The van der Waals surface area contributed by atoms with Gasteiger partial charge >= 0.3 is 6.09 Å². The van der Waals surface area contributed by atoms with Crippen molar-refractivity contribution < 1.29 is 9.53 Å². The Kier molecular flexibility index (Phi) is 6.60. The molecule has 1 aromatic heterocycles. The highest BCUT2D eigenvalue weighted by atomic mass is 35.5. The summed E-state index contributed by atoms with van der Waals surface area (Å²) >= 11 is 7.62. The fourth-order valence-electron chi connectivity index (χ4n) is 2.54. The Morgan fingerprint density at radius 2 is 2.22 bits per heavy atom. The molecule has 0 radical (unpaired) electrons. The van der Waals surface area contributed by atoms with Crippen molar-refractivity contribution in [2.45, 2.75) is 57.4 Å². The van der Waals surface area contributed by atoms with E-state index in [4.69, 9.17) is 16.3 Å². The first-order valence-corrected chi connectivity index (χ1v) is 9.56. The van der Waals surface area contributed by atoms with E-state index in [1.807, 2.05) is 55.8 Å². The largest absolute Gasteiger partial charge is 0.444 e. The second kappa shape index (κ2) is 8.25. The summed E-state index contributed by atoms with van der Waals surface area (Å²) in [5, 5.41) is 0.516. The topological polar surface area (TPSA) is 42.4 Å². The molecule has 1 fully saturated rings. The predicted molar refractivity (Wildman–Crippen MR) is 96.0 cm³/mol. The molecule has 1 amide bonds. The number of nitrogens with zero attached hydrogens (tertiary/aromatic N) is 2. The Labute approximate surface area is 147 Å². The van der Waals surface area contributed by atoms with E-state index in [-0.39, 0.29) is 12.1 Å². The van der Waals surface area contributed by atoms with Crippen molar-refractivity contribution in [1.82, 2.24) is 9.88 Å². The Hall–Kier alpha value is -0.940. The van der Waals surface area contributed by atoms with Gasteiger partial charge in [0.05, 0.1) is 0 Å². The summed E-state index contributed by atoms with van der Waals surface area (Å²) < 4.78 is 5.54. The van der Waals surface area contributed by atoms with Crippen molar-refractivity contribution in [3.63, 3.8) is 0 Å². The molecule has 128 valence electrons. The van der Waals surface area contributed by atoms with Crippen LogP contribution in [0.4, 0.5) is 4.79 Å². The van der Waals surface area contributed by atoms with Crippen molar-refractivity contribution in [1.29, 1.82) is 0 Å². The van der Waals surface area contributed by atoms with Gasteiger partial charge in [-0.3, -0.25) is 0 Å². The number of hydrogen-bond acceptors (Lipinski definition) is 4. The van der Waals surface area contributed by atoms with Gasteiger partial charge in [-0.15, -0.1) is 0 Å². The molecule has 2 rings (SSSR count). The first kappa shape index (κ1) is 18.4. The number of carbonyl (C=O) groups is 1. The second-order valence-corrected chi connectivity index (χ2v) is 8.25. The molecule has 0 aliphatic carbocycles. The number of ether oxygens (including phenoxy) is 1. The quantitative estimate of drug-likeness (QED) is 0.729. The number of amides is 1. The van der Waals surface area contributed by atoms with Gasteiger partial charge in [-0.25, -0.2) is 9.78 Å². The highest BCUT2D eigenvalue weighted by molar-refractivity contribution is 7.98. The minimum atomic E-state index is -0.443. The van der Waals surface area contributed by atoms with E-state index in [2.05, 4.69) is 4.98 Å². The third-order valence-corrected chi connectivity index (χ3v) is 5.00. The molecule has 1 aliphatic heterocycles. The first-order chi connectivity index (χ1) is 10.8. The number of halogens is 1. The SMILES string of the molecule is CC(C)(C)OC(=O)N1CCCC[C@H]1CSCc1ccc(Cl)nc1. The maximum Gasteiger partial charge on any atom is 0.410 e. The Morgan fingerprint density at radius 1 is 1.43 bits per heavy atom. The molecule has 2 heterocycles. The molecular formula is C17H25ClN2O2S. The van der Waals surface area contributed by atoms with Gasteiger partial charge in [-0.1, -0.05) is 17.7 Å². The van der Waals surface area contributed by atoms with Crippen molar-refractivity contribution in [2.24, 2.45) is 0 Å². The van der Waals surface area contributed by atoms with E-state index >= 15 is 0 Å². The fourth-order valence-corrected chi connectivity index (χ4v) is 3.79. The van der Waals surface area contributed by atoms with Crippen LogP contribution in [0.5, 0.6) is 0 Å². The normalized spacial score (nSPS) is 18.8. The number of pyridine rings is 1. The number of carbonyl (C=O) groups excluding carboxylic acids is 1. The minimum Gasteiger partial charge on any atom is -0.444 e. The van der Waals surface area contributed by atoms with Crippen molar-refractivity contribution in [2.75, 3.05) is 12.3 Å². The van der Waals surface area contributed by atoms with Crippen LogP contribution in [0.3, 0.4) is 0 Å². The average molecular weight is 357 g/mol. The Bertz CT molecular complexity index is 516. The number of likely N-dealkylation sites (tertiary alicyclic amines) is 1. The number of piperidine rings is 1. The van der Waals surface area contributed by atoms with E-state index < -0.39 is 5.60 Å². The monoisotopic (exact) mass is 356 g/mol. The number of aromatic nitrogens is 1. The van der Waals surface area contributed by atoms with Crippen molar-refractivity contribution in [3.8, 4) is 0 Å². The van der Waals surface area contributed by atoms with E-state index in [0.29, 0.717) is 5.15 Å². The number of thioether (sulfide) groups is 1. The van der Waals surface area contributed by atoms with Gasteiger partial charge in [-0.05, 0) is 51.7 Å². The standard InChI is InChI=1S/C17H25ClN2O2S/c1-17(2,3)22-16(21)20-9-5-4-6-14(20)12-23-11-13-7-8-15(18)19-10-13/h7-8,10,14H,4-6,9,11-12H2,1-3H3/t14-/m0/s1. The van der Waals surface area contributed by atoms with Gasteiger partial charge in [0.1, 0.15) is 10.8 Å². The lowest BCUT2D eigenvalue weighted by molar-refractivity contribution is 0.0126. The third-order valence-electron chi connectivity index (χ3n) is 3.62. The summed E-state index contributed by atoms with van der Waals surface area (Å²) in [6.45, 7) is 6.52. The third kappa shape index (κ3) is 6.22. The summed E-state index contributed by atoms with van der Waals surface area (Å²) in [7, 11) is 0. The highest BCUT2D eigenvalue weighted by Gasteiger charge is 2.30. The lowest BCUT2D eigenvalue weighted by atomic mass is 10.0. The van der Waals surface area contributed by atoms with Gasteiger partial charge in [0, 0.05) is 30.3 Å². The lowest BCUT2D eigenvalue weighted by Gasteiger charge is -2.36.